The molecule has 2 rings (SSSR count). The van der Waals surface area contributed by atoms with Gasteiger partial charge >= 0.3 is 0 Å². The highest BCUT2D eigenvalue weighted by Gasteiger charge is 2.19. The number of rotatable bonds is 2. The first-order valence-electron chi connectivity index (χ1n) is 5.52. The standard InChI is InChI=1S/C12H15ClFNO/c13-11-6-5-10(7-12(11)14)16-9-3-1-8(15)2-4-9/h5-9H,1-4,15H2. The zero-order valence-corrected chi connectivity index (χ0v) is 9.71. The Morgan fingerprint density at radius 2 is 1.94 bits per heavy atom. The van der Waals surface area contributed by atoms with Crippen LogP contribution in [0.2, 0.25) is 5.02 Å². The summed E-state index contributed by atoms with van der Waals surface area (Å²) in [6.07, 6.45) is 3.97. The summed E-state index contributed by atoms with van der Waals surface area (Å²) in [5.74, 6) is 0.106. The Kier molecular flexibility index (Phi) is 3.66. The molecule has 4 heteroatoms. The second-order valence-electron chi connectivity index (χ2n) is 4.23. The van der Waals surface area contributed by atoms with Crippen LogP contribution in [-0.2, 0) is 0 Å². The van der Waals surface area contributed by atoms with Gasteiger partial charge in [-0.2, -0.15) is 0 Å². The molecule has 0 atom stereocenters. The molecule has 1 aliphatic carbocycles. The maximum atomic E-state index is 13.2. The highest BCUT2D eigenvalue weighted by molar-refractivity contribution is 6.30. The third-order valence-electron chi connectivity index (χ3n) is 2.91. The predicted octanol–water partition coefficient (Wildman–Crippen LogP) is 3.13. The normalized spacial score (nSPS) is 25.4. The Morgan fingerprint density at radius 3 is 2.56 bits per heavy atom. The maximum Gasteiger partial charge on any atom is 0.145 e. The fourth-order valence-electron chi connectivity index (χ4n) is 1.95. The predicted molar refractivity (Wildman–Crippen MR) is 62.3 cm³/mol. The average molecular weight is 244 g/mol. The fourth-order valence-corrected chi connectivity index (χ4v) is 2.07. The van der Waals surface area contributed by atoms with E-state index in [9.17, 15) is 4.39 Å². The second-order valence-corrected chi connectivity index (χ2v) is 4.64. The molecule has 0 unspecified atom stereocenters. The summed E-state index contributed by atoms with van der Waals surface area (Å²) in [4.78, 5) is 0. The number of ether oxygens (including phenoxy) is 1. The van der Waals surface area contributed by atoms with Crippen LogP contribution >= 0.6 is 11.6 Å². The number of halogens is 2. The third-order valence-corrected chi connectivity index (χ3v) is 3.22. The molecule has 88 valence electrons. The Bertz CT molecular complexity index is 364. The van der Waals surface area contributed by atoms with E-state index in [2.05, 4.69) is 0 Å². The van der Waals surface area contributed by atoms with Crippen molar-refractivity contribution >= 4 is 11.6 Å². The fraction of sp³-hybridized carbons (Fsp3) is 0.500. The molecule has 1 aliphatic rings. The largest absolute Gasteiger partial charge is 0.490 e. The van der Waals surface area contributed by atoms with E-state index in [-0.39, 0.29) is 11.1 Å². The van der Waals surface area contributed by atoms with Crippen molar-refractivity contribution in [2.24, 2.45) is 5.73 Å². The summed E-state index contributed by atoms with van der Waals surface area (Å²) in [6, 6.07) is 4.83. The van der Waals surface area contributed by atoms with Gasteiger partial charge in [-0.1, -0.05) is 11.6 Å². The molecule has 0 aliphatic heterocycles. The first kappa shape index (κ1) is 11.7. The van der Waals surface area contributed by atoms with Gasteiger partial charge in [-0.05, 0) is 37.8 Å². The molecule has 2 N–H and O–H groups in total. The van der Waals surface area contributed by atoms with E-state index >= 15 is 0 Å². The van der Waals surface area contributed by atoms with Crippen molar-refractivity contribution in [1.82, 2.24) is 0 Å². The van der Waals surface area contributed by atoms with Crippen LogP contribution in [0.1, 0.15) is 25.7 Å². The van der Waals surface area contributed by atoms with Gasteiger partial charge in [0.1, 0.15) is 11.6 Å². The molecule has 16 heavy (non-hydrogen) atoms. The van der Waals surface area contributed by atoms with Crippen LogP contribution in [0.25, 0.3) is 0 Å². The summed E-state index contributed by atoms with van der Waals surface area (Å²) in [6.45, 7) is 0. The number of hydrogen-bond donors (Lipinski definition) is 1. The molecule has 0 saturated heterocycles. The molecule has 0 amide bonds. The molecule has 1 fully saturated rings. The highest BCUT2D eigenvalue weighted by Crippen LogP contribution is 2.25. The Morgan fingerprint density at radius 1 is 1.25 bits per heavy atom. The Balaban J connectivity index is 1.96. The summed E-state index contributed by atoms with van der Waals surface area (Å²) in [5.41, 5.74) is 5.80. The van der Waals surface area contributed by atoms with E-state index in [0.717, 1.165) is 25.7 Å². The third kappa shape index (κ3) is 2.86. The van der Waals surface area contributed by atoms with Gasteiger partial charge in [0.05, 0.1) is 11.1 Å². The molecule has 0 heterocycles. The molecule has 0 radical (unpaired) electrons. The molecule has 2 nitrogen and oxygen atoms in total. The topological polar surface area (TPSA) is 35.2 Å². The van der Waals surface area contributed by atoms with E-state index in [4.69, 9.17) is 22.1 Å². The number of nitrogens with two attached hydrogens (primary N) is 1. The smallest absolute Gasteiger partial charge is 0.145 e. The van der Waals surface area contributed by atoms with Crippen LogP contribution in [0.15, 0.2) is 18.2 Å². The van der Waals surface area contributed by atoms with Crippen molar-refractivity contribution in [3.63, 3.8) is 0 Å². The van der Waals surface area contributed by atoms with Gasteiger partial charge in [0.2, 0.25) is 0 Å². The van der Waals surface area contributed by atoms with Crippen LogP contribution in [0.3, 0.4) is 0 Å². The van der Waals surface area contributed by atoms with Crippen LogP contribution in [0, 0.1) is 5.82 Å². The SMILES string of the molecule is NC1CCC(Oc2ccc(Cl)c(F)c2)CC1. The second kappa shape index (κ2) is 5.02. The van der Waals surface area contributed by atoms with Crippen molar-refractivity contribution in [2.75, 3.05) is 0 Å². The van der Waals surface area contributed by atoms with Crippen molar-refractivity contribution in [2.45, 2.75) is 37.8 Å². The van der Waals surface area contributed by atoms with E-state index in [0.29, 0.717) is 11.8 Å². The maximum absolute atomic E-state index is 13.2. The van der Waals surface area contributed by atoms with Crippen LogP contribution in [0.5, 0.6) is 5.75 Å². The van der Waals surface area contributed by atoms with Crippen LogP contribution in [-0.4, -0.2) is 12.1 Å². The zero-order valence-electron chi connectivity index (χ0n) is 8.96. The summed E-state index contributed by atoms with van der Waals surface area (Å²) in [5, 5.41) is 0.123. The van der Waals surface area contributed by atoms with E-state index in [1.807, 2.05) is 0 Å². The minimum absolute atomic E-state index is 0.123. The summed E-state index contributed by atoms with van der Waals surface area (Å²) < 4.78 is 18.8. The molecule has 1 saturated carbocycles. The lowest BCUT2D eigenvalue weighted by atomic mass is 9.94. The first-order chi connectivity index (χ1) is 7.65. The van der Waals surface area contributed by atoms with Gasteiger partial charge in [-0.15, -0.1) is 0 Å². The van der Waals surface area contributed by atoms with Gasteiger partial charge < -0.3 is 10.5 Å². The molecule has 0 aromatic heterocycles. The summed E-state index contributed by atoms with van der Waals surface area (Å²) in [7, 11) is 0. The van der Waals surface area contributed by atoms with Gasteiger partial charge in [-0.3, -0.25) is 0 Å². The molecule has 0 bridgehead atoms. The Labute approximate surface area is 99.5 Å². The van der Waals surface area contributed by atoms with Gasteiger partial charge in [0.25, 0.3) is 0 Å². The van der Waals surface area contributed by atoms with Gasteiger partial charge in [0.15, 0.2) is 0 Å². The molecule has 1 aromatic carbocycles. The molecule has 0 spiro atoms. The lowest BCUT2D eigenvalue weighted by Gasteiger charge is -2.26. The van der Waals surface area contributed by atoms with Gasteiger partial charge in [0, 0.05) is 12.1 Å². The molecular formula is C12H15ClFNO. The average Bonchev–Trinajstić information content (AvgIpc) is 2.27. The molecule has 1 aromatic rings. The van der Waals surface area contributed by atoms with Crippen molar-refractivity contribution in [1.29, 1.82) is 0 Å². The highest BCUT2D eigenvalue weighted by atomic mass is 35.5. The van der Waals surface area contributed by atoms with Crippen LogP contribution < -0.4 is 10.5 Å². The summed E-state index contributed by atoms with van der Waals surface area (Å²) >= 11 is 5.60. The minimum Gasteiger partial charge on any atom is -0.490 e. The zero-order chi connectivity index (χ0) is 11.5. The van der Waals surface area contributed by atoms with Gasteiger partial charge in [-0.25, -0.2) is 4.39 Å². The number of hydrogen-bond acceptors (Lipinski definition) is 2. The lowest BCUT2D eigenvalue weighted by molar-refractivity contribution is 0.146. The van der Waals surface area contributed by atoms with E-state index < -0.39 is 5.82 Å². The first-order valence-corrected chi connectivity index (χ1v) is 5.90. The Hall–Kier alpha value is -0.800. The van der Waals surface area contributed by atoms with E-state index in [1.54, 1.807) is 6.07 Å². The lowest BCUT2D eigenvalue weighted by Crippen LogP contribution is -2.31. The monoisotopic (exact) mass is 243 g/mol. The number of benzene rings is 1. The minimum atomic E-state index is -0.438. The molecular weight excluding hydrogens is 229 g/mol. The van der Waals surface area contributed by atoms with E-state index in [1.165, 1.54) is 12.1 Å². The van der Waals surface area contributed by atoms with Crippen molar-refractivity contribution in [3.05, 3.63) is 29.0 Å². The van der Waals surface area contributed by atoms with Crippen LogP contribution in [0.4, 0.5) is 4.39 Å². The van der Waals surface area contributed by atoms with Crippen molar-refractivity contribution < 1.29 is 9.13 Å². The van der Waals surface area contributed by atoms with Crippen molar-refractivity contribution in [3.8, 4) is 5.75 Å². The quantitative estimate of drug-likeness (QED) is 0.866.